The van der Waals surface area contributed by atoms with Gasteiger partial charge in [0.15, 0.2) is 0 Å². The van der Waals surface area contributed by atoms with Crippen LogP contribution in [0.4, 0.5) is 0 Å². The standard InChI is InChI=1S/C10H15.2C10H13.Mo.NO/c1-6-7(2)9(4)10(5)8(6)3;2*1-10(2,3)9-7-5-4-6-8-9;;1-2/h1-5H3;2*4-8H,1H2,2-3H3;;/q;2*-1;+4;-1. The van der Waals surface area contributed by atoms with E-state index >= 15 is 0 Å². The molecule has 1 aliphatic rings. The summed E-state index contributed by atoms with van der Waals surface area (Å²) in [4.78, 5) is 7.25. The maximum Gasteiger partial charge on any atom is 4.00 e. The third-order valence-electron chi connectivity index (χ3n) is 5.92. The van der Waals surface area contributed by atoms with Crippen molar-refractivity contribution in [3.05, 3.63) is 126 Å². The summed E-state index contributed by atoms with van der Waals surface area (Å²) in [6, 6.07) is 20.6. The van der Waals surface area contributed by atoms with Gasteiger partial charge in [-0.25, -0.2) is 0 Å². The van der Waals surface area contributed by atoms with E-state index in [1.165, 1.54) is 40.7 Å². The van der Waals surface area contributed by atoms with Crippen molar-refractivity contribution in [2.45, 2.75) is 73.1 Å². The summed E-state index contributed by atoms with van der Waals surface area (Å²) in [5.74, 6) is 7.34. The molecule has 2 aromatic rings. The molecule has 1 fully saturated rings. The van der Waals surface area contributed by atoms with Gasteiger partial charge in [0.1, 0.15) is 0 Å². The molecule has 33 heavy (non-hydrogen) atoms. The minimum atomic E-state index is 0. The van der Waals surface area contributed by atoms with Gasteiger partial charge in [-0.05, 0) is 29.6 Å². The SMILES string of the molecule is C[C]1[C](C)[C](C)[C](C)[C]1C.[CH2-]C(C)(C)c1ccccc1.[CH2-]C(C)(C)c1ccccc1.[Mo+4].[N-]=O. The van der Waals surface area contributed by atoms with E-state index in [0.29, 0.717) is 0 Å². The molecule has 0 spiro atoms. The molecule has 177 valence electrons. The Labute approximate surface area is 219 Å². The van der Waals surface area contributed by atoms with Crippen molar-refractivity contribution < 1.29 is 21.1 Å². The van der Waals surface area contributed by atoms with E-state index in [4.69, 9.17) is 10.5 Å². The van der Waals surface area contributed by atoms with Gasteiger partial charge < -0.3 is 24.3 Å². The Morgan fingerprint density at radius 1 is 0.515 bits per heavy atom. The number of nitroso groups, excluding NO2 is 1. The van der Waals surface area contributed by atoms with Crippen molar-refractivity contribution >= 4 is 0 Å². The van der Waals surface area contributed by atoms with E-state index in [-0.39, 0.29) is 31.9 Å². The zero-order valence-electron chi connectivity index (χ0n) is 22.0. The van der Waals surface area contributed by atoms with Crippen molar-refractivity contribution in [1.29, 1.82) is 0 Å². The normalized spacial score (nSPS) is 15.7. The Hall–Kier alpha value is -1.27. The van der Waals surface area contributed by atoms with Crippen LogP contribution in [0.5, 0.6) is 0 Å². The third kappa shape index (κ3) is 11.6. The van der Waals surface area contributed by atoms with Crippen molar-refractivity contribution in [1.82, 2.24) is 0 Å². The van der Waals surface area contributed by atoms with E-state index in [9.17, 15) is 0 Å². The molecule has 0 aliphatic heterocycles. The van der Waals surface area contributed by atoms with Gasteiger partial charge in [-0.15, -0.1) is 10.8 Å². The first-order valence-electron chi connectivity index (χ1n) is 11.0. The molecule has 0 unspecified atom stereocenters. The van der Waals surface area contributed by atoms with Crippen molar-refractivity contribution in [2.75, 3.05) is 0 Å². The third-order valence-corrected chi connectivity index (χ3v) is 5.92. The van der Waals surface area contributed by atoms with E-state index in [2.05, 4.69) is 100 Å². The van der Waals surface area contributed by atoms with Crippen LogP contribution in [0.3, 0.4) is 0 Å². The van der Waals surface area contributed by atoms with Crippen LogP contribution in [0.1, 0.15) is 73.4 Å². The van der Waals surface area contributed by atoms with Gasteiger partial charge in [0.05, 0.1) is 0 Å². The molecule has 2 aromatic carbocycles. The van der Waals surface area contributed by atoms with Gasteiger partial charge >= 0.3 is 21.1 Å². The van der Waals surface area contributed by atoms with Crippen molar-refractivity contribution in [3.63, 3.8) is 0 Å². The molecule has 3 rings (SSSR count). The number of nitrogens with zero attached hydrogens (tertiary/aromatic N) is 1. The Kier molecular flexibility index (Phi) is 16.0. The molecule has 0 bridgehead atoms. The summed E-state index contributed by atoms with van der Waals surface area (Å²) in [5.41, 5.74) is 8.41. The molecule has 0 aromatic heterocycles. The summed E-state index contributed by atoms with van der Waals surface area (Å²) in [6.07, 6.45) is 0. The fourth-order valence-electron chi connectivity index (χ4n) is 3.18. The zero-order valence-corrected chi connectivity index (χ0v) is 24.0. The van der Waals surface area contributed by atoms with Gasteiger partial charge in [-0.3, -0.25) is 0 Å². The van der Waals surface area contributed by atoms with E-state index < -0.39 is 0 Å². The first-order chi connectivity index (χ1) is 14.8. The summed E-state index contributed by atoms with van der Waals surface area (Å²) in [6.45, 7) is 27.5. The summed E-state index contributed by atoms with van der Waals surface area (Å²) >= 11 is 0. The average Bonchev–Trinajstić information content (AvgIpc) is 2.94. The molecule has 0 amide bonds. The second-order valence-electron chi connectivity index (χ2n) is 9.62. The predicted octanol–water partition coefficient (Wildman–Crippen LogP) is 8.89. The second kappa shape index (κ2) is 15.6. The predicted molar refractivity (Wildman–Crippen MR) is 141 cm³/mol. The summed E-state index contributed by atoms with van der Waals surface area (Å²) in [5, 5.41) is 0. The van der Waals surface area contributed by atoms with Gasteiger partial charge in [-0.1, -0.05) is 134 Å². The molecule has 3 heteroatoms. The Morgan fingerprint density at radius 2 is 0.697 bits per heavy atom. The monoisotopic (exact) mass is 529 g/mol. The first kappa shape index (κ1) is 33.9. The molecule has 1 saturated carbocycles. The maximum absolute atomic E-state index is 7.25. The smallest absolute Gasteiger partial charge is 0.577 e. The molecule has 0 N–H and O–H groups in total. The van der Waals surface area contributed by atoms with Crippen LogP contribution in [0, 0.1) is 48.3 Å². The Morgan fingerprint density at radius 3 is 0.818 bits per heavy atom. The van der Waals surface area contributed by atoms with Crippen LogP contribution in [-0.4, -0.2) is 0 Å². The van der Waals surface area contributed by atoms with Crippen molar-refractivity contribution in [3.8, 4) is 0 Å². The van der Waals surface area contributed by atoms with Crippen molar-refractivity contribution in [2.24, 2.45) is 0 Å². The number of hydrogen-bond acceptors (Lipinski definition) is 1. The first-order valence-corrected chi connectivity index (χ1v) is 11.0. The molecule has 5 radical (unpaired) electrons. The fraction of sp³-hybridized carbons (Fsp3) is 0.367. The average molecular weight is 528 g/mol. The summed E-state index contributed by atoms with van der Waals surface area (Å²) in [7, 11) is 0. The minimum Gasteiger partial charge on any atom is -0.577 e. The van der Waals surface area contributed by atoms with Gasteiger partial charge in [0.25, 0.3) is 0 Å². The molecule has 1 aliphatic carbocycles. The van der Waals surface area contributed by atoms with E-state index in [1.807, 2.05) is 36.4 Å². The van der Waals surface area contributed by atoms with Gasteiger partial charge in [-0.2, -0.15) is 0 Å². The maximum atomic E-state index is 7.25. The molecule has 0 atom stereocenters. The quantitative estimate of drug-likeness (QED) is 0.284. The van der Waals surface area contributed by atoms with Crippen LogP contribution in [0.25, 0.3) is 5.59 Å². The van der Waals surface area contributed by atoms with Crippen LogP contribution in [0.2, 0.25) is 0 Å². The number of benzene rings is 2. The number of hydrogen-bond donors (Lipinski definition) is 0. The molecule has 0 saturated heterocycles. The Bertz CT molecular complexity index is 639. The van der Waals surface area contributed by atoms with Crippen LogP contribution in [0.15, 0.2) is 60.7 Å². The molecular weight excluding hydrogens is 486 g/mol. The van der Waals surface area contributed by atoms with Crippen LogP contribution >= 0.6 is 0 Å². The van der Waals surface area contributed by atoms with Gasteiger partial charge in [0, 0.05) is 0 Å². The summed E-state index contributed by atoms with van der Waals surface area (Å²) < 4.78 is 0. The molecule has 2 nitrogen and oxygen atoms in total. The fourth-order valence-corrected chi connectivity index (χ4v) is 3.18. The van der Waals surface area contributed by atoms with Gasteiger partial charge in [0.2, 0.25) is 0 Å². The zero-order chi connectivity index (χ0) is 25.1. The van der Waals surface area contributed by atoms with Crippen LogP contribution < -0.4 is 0 Å². The van der Waals surface area contributed by atoms with E-state index in [0.717, 1.165) is 0 Å². The largest absolute Gasteiger partial charge is 4.00 e. The number of rotatable bonds is 2. The molecular formula is C30H41MoNO+. The van der Waals surface area contributed by atoms with Crippen LogP contribution in [-0.2, 0) is 31.9 Å². The second-order valence-corrected chi connectivity index (χ2v) is 9.62. The Balaban J connectivity index is 0. The van der Waals surface area contributed by atoms with E-state index in [1.54, 1.807) is 0 Å². The topological polar surface area (TPSA) is 39.4 Å². The molecule has 0 heterocycles. The minimum absolute atomic E-state index is 0.